The molecule has 1 saturated carbocycles. The first kappa shape index (κ1) is 24.5. The van der Waals surface area contributed by atoms with Gasteiger partial charge in [-0.3, -0.25) is 19.3 Å². The van der Waals surface area contributed by atoms with Crippen LogP contribution in [0.25, 0.3) is 0 Å². The molecule has 2 fully saturated rings. The largest absolute Gasteiger partial charge is 0.418 e. The highest BCUT2D eigenvalue weighted by molar-refractivity contribution is 6.10. The molecule has 33 heavy (non-hydrogen) atoms. The number of urea groups is 1. The number of halogens is 3. The molecule has 8 nitrogen and oxygen atoms in total. The molecule has 2 atom stereocenters. The summed E-state index contributed by atoms with van der Waals surface area (Å²) < 4.78 is 40.5. The van der Waals surface area contributed by atoms with E-state index in [-0.39, 0.29) is 17.0 Å². The minimum Gasteiger partial charge on any atom is -0.326 e. The van der Waals surface area contributed by atoms with Crippen molar-refractivity contribution in [3.63, 3.8) is 0 Å². The molecule has 3 N–H and O–H groups in total. The Hall–Kier alpha value is -3.11. The van der Waals surface area contributed by atoms with Crippen molar-refractivity contribution in [2.75, 3.05) is 17.2 Å². The molecule has 1 aromatic rings. The van der Waals surface area contributed by atoms with Gasteiger partial charge in [-0.2, -0.15) is 13.2 Å². The van der Waals surface area contributed by atoms with Gasteiger partial charge in [-0.1, -0.05) is 20.8 Å². The van der Waals surface area contributed by atoms with Crippen LogP contribution in [0.1, 0.15) is 52.5 Å². The van der Waals surface area contributed by atoms with Gasteiger partial charge in [0.1, 0.15) is 12.1 Å². The maximum absolute atomic E-state index is 13.5. The van der Waals surface area contributed by atoms with Crippen LogP contribution in [0.3, 0.4) is 0 Å². The molecule has 1 heterocycles. The van der Waals surface area contributed by atoms with E-state index in [1.165, 1.54) is 6.07 Å². The third-order valence-electron chi connectivity index (χ3n) is 5.85. The van der Waals surface area contributed by atoms with E-state index in [0.29, 0.717) is 18.9 Å². The van der Waals surface area contributed by atoms with Crippen LogP contribution >= 0.6 is 0 Å². The summed E-state index contributed by atoms with van der Waals surface area (Å²) in [5, 5.41) is 7.11. The van der Waals surface area contributed by atoms with Crippen LogP contribution in [0.4, 0.5) is 29.3 Å². The SMILES string of the molecule is CC(=O)Nc1ccc(NC(=O)CN2C(=O)NC3(CC(C)CC(C)(C)C3)C2=O)c(C(F)(F)F)c1. The van der Waals surface area contributed by atoms with E-state index in [1.807, 2.05) is 20.8 Å². The molecule has 1 aliphatic heterocycles. The van der Waals surface area contributed by atoms with Gasteiger partial charge >= 0.3 is 12.2 Å². The Morgan fingerprint density at radius 3 is 2.42 bits per heavy atom. The van der Waals surface area contributed by atoms with Gasteiger partial charge in [-0.25, -0.2) is 4.79 Å². The first-order chi connectivity index (χ1) is 15.1. The molecular weight excluding hydrogens is 441 g/mol. The predicted molar refractivity (Wildman–Crippen MR) is 114 cm³/mol. The molecule has 1 spiro atoms. The number of nitrogens with one attached hydrogen (secondary N) is 3. The number of hydrogen-bond acceptors (Lipinski definition) is 4. The van der Waals surface area contributed by atoms with Crippen molar-refractivity contribution in [3.8, 4) is 0 Å². The Balaban J connectivity index is 1.78. The summed E-state index contributed by atoms with van der Waals surface area (Å²) in [6.07, 6.45) is -3.09. The molecule has 11 heteroatoms. The highest BCUT2D eigenvalue weighted by Gasteiger charge is 2.56. The predicted octanol–water partition coefficient (Wildman–Crippen LogP) is 3.74. The Morgan fingerprint density at radius 2 is 1.85 bits per heavy atom. The van der Waals surface area contributed by atoms with Crippen LogP contribution in [-0.4, -0.2) is 40.7 Å². The second-order valence-corrected chi connectivity index (χ2v) is 9.75. The number of anilines is 2. The van der Waals surface area contributed by atoms with Crippen LogP contribution in [0, 0.1) is 11.3 Å². The number of nitrogens with zero attached hydrogens (tertiary/aromatic N) is 1. The average molecular weight is 468 g/mol. The summed E-state index contributed by atoms with van der Waals surface area (Å²) in [6, 6.07) is 2.17. The maximum Gasteiger partial charge on any atom is 0.418 e. The number of amides is 5. The molecule has 3 rings (SSSR count). The van der Waals surface area contributed by atoms with E-state index >= 15 is 0 Å². The molecule has 0 aromatic heterocycles. The number of carbonyl (C=O) groups excluding carboxylic acids is 4. The topological polar surface area (TPSA) is 108 Å². The normalized spacial score (nSPS) is 24.6. The quantitative estimate of drug-likeness (QED) is 0.585. The lowest BCUT2D eigenvalue weighted by Crippen LogP contribution is -2.54. The fourth-order valence-corrected chi connectivity index (χ4v) is 5.15. The summed E-state index contributed by atoms with van der Waals surface area (Å²) in [5.41, 5.74) is -3.11. The summed E-state index contributed by atoms with van der Waals surface area (Å²) >= 11 is 0. The van der Waals surface area contributed by atoms with Gasteiger partial charge in [0, 0.05) is 12.6 Å². The summed E-state index contributed by atoms with van der Waals surface area (Å²) in [7, 11) is 0. The standard InChI is InChI=1S/C22H27F3N4O4/c1-12-8-20(3,4)11-21(9-12)18(32)29(19(33)28-21)10-17(31)27-16-6-5-14(26-13(2)30)7-15(16)22(23,24)25/h5-7,12H,8-11H2,1-4H3,(H,26,30)(H,27,31)(H,28,33). The minimum absolute atomic E-state index is 0.0853. The molecule has 1 saturated heterocycles. The van der Waals surface area contributed by atoms with Crippen molar-refractivity contribution in [1.29, 1.82) is 0 Å². The van der Waals surface area contributed by atoms with E-state index in [2.05, 4.69) is 16.0 Å². The van der Waals surface area contributed by atoms with E-state index < -0.39 is 53.3 Å². The molecule has 1 aliphatic carbocycles. The molecule has 1 aromatic carbocycles. The van der Waals surface area contributed by atoms with E-state index in [0.717, 1.165) is 24.3 Å². The number of benzene rings is 1. The van der Waals surface area contributed by atoms with Crippen molar-refractivity contribution >= 4 is 35.1 Å². The number of imide groups is 1. The van der Waals surface area contributed by atoms with Gasteiger partial charge in [-0.15, -0.1) is 0 Å². The molecule has 2 aliphatic rings. The smallest absolute Gasteiger partial charge is 0.326 e. The van der Waals surface area contributed by atoms with E-state index in [9.17, 15) is 32.3 Å². The van der Waals surface area contributed by atoms with Crippen molar-refractivity contribution in [1.82, 2.24) is 10.2 Å². The molecule has 0 bridgehead atoms. The lowest BCUT2D eigenvalue weighted by Gasteiger charge is -2.43. The first-order valence-corrected chi connectivity index (χ1v) is 10.5. The highest BCUT2D eigenvalue weighted by atomic mass is 19.4. The molecule has 180 valence electrons. The highest BCUT2D eigenvalue weighted by Crippen LogP contribution is 2.46. The second kappa shape index (κ2) is 8.35. The molecule has 5 amide bonds. The summed E-state index contributed by atoms with van der Waals surface area (Å²) in [6.45, 7) is 6.43. The average Bonchev–Trinajstić information content (AvgIpc) is 2.83. The van der Waals surface area contributed by atoms with Crippen molar-refractivity contribution in [2.45, 2.75) is 58.7 Å². The number of carbonyl (C=O) groups is 4. The number of hydrogen-bond donors (Lipinski definition) is 3. The Morgan fingerprint density at radius 1 is 1.18 bits per heavy atom. The van der Waals surface area contributed by atoms with Crippen molar-refractivity contribution in [2.24, 2.45) is 11.3 Å². The monoisotopic (exact) mass is 468 g/mol. The zero-order valence-electron chi connectivity index (χ0n) is 18.9. The van der Waals surface area contributed by atoms with Crippen LogP contribution in [-0.2, 0) is 20.6 Å². The van der Waals surface area contributed by atoms with Gasteiger partial charge in [0.05, 0.1) is 11.3 Å². The Labute approximate surface area is 189 Å². The van der Waals surface area contributed by atoms with Gasteiger partial charge in [0.25, 0.3) is 5.91 Å². The third kappa shape index (κ3) is 5.28. The van der Waals surface area contributed by atoms with Gasteiger partial charge in [0.15, 0.2) is 0 Å². The van der Waals surface area contributed by atoms with Crippen LogP contribution < -0.4 is 16.0 Å². The van der Waals surface area contributed by atoms with Crippen LogP contribution in [0.15, 0.2) is 18.2 Å². The fraction of sp³-hybridized carbons (Fsp3) is 0.545. The minimum atomic E-state index is -4.81. The third-order valence-corrected chi connectivity index (χ3v) is 5.85. The second-order valence-electron chi connectivity index (χ2n) is 9.75. The van der Waals surface area contributed by atoms with Gasteiger partial charge < -0.3 is 16.0 Å². The van der Waals surface area contributed by atoms with E-state index in [1.54, 1.807) is 0 Å². The zero-order valence-corrected chi connectivity index (χ0v) is 18.9. The van der Waals surface area contributed by atoms with Gasteiger partial charge in [-0.05, 0) is 48.8 Å². The van der Waals surface area contributed by atoms with Crippen molar-refractivity contribution in [3.05, 3.63) is 23.8 Å². The molecular formula is C22H27F3N4O4. The maximum atomic E-state index is 13.5. The van der Waals surface area contributed by atoms with Gasteiger partial charge in [0.2, 0.25) is 11.8 Å². The lowest BCUT2D eigenvalue weighted by molar-refractivity contribution is -0.138. The molecule has 0 radical (unpaired) electrons. The number of rotatable bonds is 4. The first-order valence-electron chi connectivity index (χ1n) is 10.5. The van der Waals surface area contributed by atoms with Crippen molar-refractivity contribution < 1.29 is 32.3 Å². The zero-order chi connectivity index (χ0) is 24.8. The Kier molecular flexibility index (Phi) is 6.20. The van der Waals surface area contributed by atoms with E-state index in [4.69, 9.17) is 0 Å². The number of alkyl halides is 3. The summed E-state index contributed by atoms with van der Waals surface area (Å²) in [5.74, 6) is -1.87. The molecule has 2 unspecified atom stereocenters. The fourth-order valence-electron chi connectivity index (χ4n) is 5.15. The van der Waals surface area contributed by atoms with Crippen LogP contribution in [0.5, 0.6) is 0 Å². The summed E-state index contributed by atoms with van der Waals surface area (Å²) in [4.78, 5) is 50.1. The Bertz CT molecular complexity index is 1010. The lowest BCUT2D eigenvalue weighted by atomic mass is 9.64. The van der Waals surface area contributed by atoms with Crippen LogP contribution in [0.2, 0.25) is 0 Å².